The summed E-state index contributed by atoms with van der Waals surface area (Å²) in [4.78, 5) is 26.1. The van der Waals surface area contributed by atoms with Crippen molar-refractivity contribution in [1.29, 1.82) is 0 Å². The van der Waals surface area contributed by atoms with Crippen molar-refractivity contribution in [2.24, 2.45) is 0 Å². The van der Waals surface area contributed by atoms with Gasteiger partial charge in [-0.3, -0.25) is 14.7 Å². The van der Waals surface area contributed by atoms with Crippen molar-refractivity contribution in [3.05, 3.63) is 33.9 Å². The molecule has 1 aromatic carbocycles. The first kappa shape index (κ1) is 19.7. The summed E-state index contributed by atoms with van der Waals surface area (Å²) in [5.74, 6) is 1.10. The Bertz CT molecular complexity index is 1030. The Morgan fingerprint density at radius 3 is 2.93 bits per heavy atom. The van der Waals surface area contributed by atoms with E-state index in [4.69, 9.17) is 18.9 Å². The molecule has 0 aromatic heterocycles. The van der Waals surface area contributed by atoms with Crippen LogP contribution in [0.2, 0.25) is 0 Å². The molecule has 1 aromatic rings. The number of ether oxygens (including phenoxy) is 4. The third-order valence-electron chi connectivity index (χ3n) is 4.69. The van der Waals surface area contributed by atoms with Crippen LogP contribution in [0, 0.1) is 0 Å². The van der Waals surface area contributed by atoms with E-state index in [0.29, 0.717) is 34.4 Å². The molecular weight excluding hydrogens is 416 g/mol. The van der Waals surface area contributed by atoms with Gasteiger partial charge in [-0.25, -0.2) is 4.79 Å². The van der Waals surface area contributed by atoms with Crippen LogP contribution in [-0.4, -0.2) is 44.2 Å². The highest BCUT2D eigenvalue weighted by Gasteiger charge is 2.27. The van der Waals surface area contributed by atoms with Crippen molar-refractivity contribution >= 4 is 32.5 Å². The lowest BCUT2D eigenvalue weighted by Gasteiger charge is -2.11. The molecule has 3 heterocycles. The van der Waals surface area contributed by atoms with Crippen LogP contribution >= 0.6 is 20.7 Å². The number of nitrogens with zero attached hydrogens (tertiary/aromatic N) is 1. The van der Waals surface area contributed by atoms with E-state index in [2.05, 4.69) is 5.32 Å². The van der Waals surface area contributed by atoms with Crippen molar-refractivity contribution in [3.63, 3.8) is 0 Å². The van der Waals surface area contributed by atoms with Crippen molar-refractivity contribution in [3.8, 4) is 27.8 Å². The van der Waals surface area contributed by atoms with Gasteiger partial charge in [0, 0.05) is 18.1 Å². The normalized spacial score (nSPS) is 16.1. The molecule has 8 nitrogen and oxygen atoms in total. The maximum Gasteiger partial charge on any atom is 0.411 e. The zero-order valence-corrected chi connectivity index (χ0v) is 17.6. The molecule has 1 saturated heterocycles. The monoisotopic (exact) mass is 436 g/mol. The van der Waals surface area contributed by atoms with Gasteiger partial charge < -0.3 is 18.9 Å². The van der Waals surface area contributed by atoms with Gasteiger partial charge in [0.1, 0.15) is 23.8 Å². The predicted molar refractivity (Wildman–Crippen MR) is 111 cm³/mol. The topological polar surface area (TPSA) is 88.0 Å². The number of methoxy groups -OCH3 is 2. The van der Waals surface area contributed by atoms with E-state index in [1.807, 2.05) is 5.38 Å². The molecular formula is C19H20N2O6S2. The largest absolute Gasteiger partial charge is 0.497 e. The lowest BCUT2D eigenvalue weighted by atomic mass is 10.2. The van der Waals surface area contributed by atoms with Crippen molar-refractivity contribution in [1.82, 2.24) is 4.57 Å². The number of hydrogen-bond donors (Lipinski definition) is 1. The summed E-state index contributed by atoms with van der Waals surface area (Å²) < 4.78 is 22.9. The fraction of sp³-hybridized carbons (Fsp3) is 0.368. The molecule has 3 aliphatic heterocycles. The standard InChI is InChI=1S/C19H20N2O6S2/c1-24-11-5-6-13(15(8-11)25-2)21-14-10-28-29-17(14)16(18(21)22)20-19(23)27-9-12-4-3-7-26-12/h5-6,8,10,12H,3-4,7,9H2,1-2H3,(H,20,23). The minimum Gasteiger partial charge on any atom is -0.497 e. The summed E-state index contributed by atoms with van der Waals surface area (Å²) in [7, 11) is 5.98. The number of anilines is 1. The Morgan fingerprint density at radius 2 is 2.21 bits per heavy atom. The number of aromatic nitrogens is 1. The number of hydrogen-bond acceptors (Lipinski definition) is 8. The summed E-state index contributed by atoms with van der Waals surface area (Å²) in [6.07, 6.45) is 1.08. The van der Waals surface area contributed by atoms with Gasteiger partial charge in [0.2, 0.25) is 0 Å². The van der Waals surface area contributed by atoms with Crippen LogP contribution in [-0.2, 0) is 9.47 Å². The van der Waals surface area contributed by atoms with E-state index in [1.165, 1.54) is 32.4 Å². The number of nitrogens with one attached hydrogen (secondary N) is 1. The second-order valence-corrected chi connectivity index (χ2v) is 8.50. The first-order valence-corrected chi connectivity index (χ1v) is 11.2. The molecule has 1 unspecified atom stereocenters. The first-order valence-electron chi connectivity index (χ1n) is 9.02. The first-order chi connectivity index (χ1) is 14.1. The molecule has 0 saturated carbocycles. The summed E-state index contributed by atoms with van der Waals surface area (Å²) in [5.41, 5.74) is 1.11. The number of rotatable bonds is 6. The zero-order chi connectivity index (χ0) is 20.4. The zero-order valence-electron chi connectivity index (χ0n) is 15.9. The predicted octanol–water partition coefficient (Wildman–Crippen LogP) is 3.81. The van der Waals surface area contributed by atoms with Gasteiger partial charge in [-0.05, 0) is 25.0 Å². The van der Waals surface area contributed by atoms with Crippen LogP contribution in [0.3, 0.4) is 0 Å². The fourth-order valence-corrected chi connectivity index (χ4v) is 5.46. The third-order valence-corrected chi connectivity index (χ3v) is 6.76. The summed E-state index contributed by atoms with van der Waals surface area (Å²) in [6.45, 7) is 0.855. The molecule has 1 amide bonds. The fourth-order valence-electron chi connectivity index (χ4n) is 3.26. The SMILES string of the molecule is COc1ccc(-n2c3cssc-3c(NC(=O)OCC3CCCO3)c2=O)c(OC)c1. The molecule has 1 N–H and O–H groups in total. The van der Waals surface area contributed by atoms with Gasteiger partial charge >= 0.3 is 6.09 Å². The van der Waals surface area contributed by atoms with E-state index in [-0.39, 0.29) is 24.0 Å². The van der Waals surface area contributed by atoms with Crippen molar-refractivity contribution in [2.45, 2.75) is 18.9 Å². The highest BCUT2D eigenvalue weighted by molar-refractivity contribution is 7.70. The Labute approximate surface area is 174 Å². The van der Waals surface area contributed by atoms with Gasteiger partial charge in [-0.1, -0.05) is 20.7 Å². The van der Waals surface area contributed by atoms with E-state index in [0.717, 1.165) is 12.8 Å². The van der Waals surface area contributed by atoms with Crippen molar-refractivity contribution < 1.29 is 23.7 Å². The molecule has 0 spiro atoms. The average Bonchev–Trinajstić information content (AvgIpc) is 3.46. The van der Waals surface area contributed by atoms with Gasteiger partial charge in [0.05, 0.1) is 36.6 Å². The minimum atomic E-state index is -0.670. The molecule has 10 heteroatoms. The van der Waals surface area contributed by atoms with Gasteiger partial charge in [-0.2, -0.15) is 0 Å². The Hall–Kier alpha value is -2.56. The van der Waals surface area contributed by atoms with E-state index >= 15 is 0 Å². The number of carbonyl (C=O) groups excluding carboxylic acids is 1. The molecule has 3 aliphatic rings. The van der Waals surface area contributed by atoms with Gasteiger partial charge in [0.15, 0.2) is 0 Å². The molecule has 0 radical (unpaired) electrons. The summed E-state index contributed by atoms with van der Waals surface area (Å²) >= 11 is 0. The molecule has 29 heavy (non-hydrogen) atoms. The van der Waals surface area contributed by atoms with Gasteiger partial charge in [0.25, 0.3) is 5.56 Å². The quantitative estimate of drug-likeness (QED) is 0.591. The highest BCUT2D eigenvalue weighted by Crippen LogP contribution is 2.40. The molecule has 4 rings (SSSR count). The smallest absolute Gasteiger partial charge is 0.411 e. The Morgan fingerprint density at radius 1 is 1.34 bits per heavy atom. The third kappa shape index (κ3) is 3.83. The highest BCUT2D eigenvalue weighted by atomic mass is 32.9. The van der Waals surface area contributed by atoms with Crippen molar-refractivity contribution in [2.75, 3.05) is 32.8 Å². The van der Waals surface area contributed by atoms with Crippen LogP contribution in [0.4, 0.5) is 10.5 Å². The van der Waals surface area contributed by atoms with Crippen LogP contribution in [0.15, 0.2) is 28.4 Å². The van der Waals surface area contributed by atoms with E-state index in [9.17, 15) is 9.59 Å². The van der Waals surface area contributed by atoms with E-state index in [1.54, 1.807) is 25.3 Å². The number of fused-ring (bicyclic) bond motifs is 1. The molecule has 0 aliphatic carbocycles. The Balaban J connectivity index is 1.64. The molecule has 154 valence electrons. The van der Waals surface area contributed by atoms with Crippen LogP contribution < -0.4 is 20.3 Å². The lowest BCUT2D eigenvalue weighted by molar-refractivity contribution is 0.0484. The molecule has 1 atom stereocenters. The molecule has 1 fully saturated rings. The number of benzene rings is 1. The van der Waals surface area contributed by atoms with Gasteiger partial charge in [-0.15, -0.1) is 0 Å². The minimum absolute atomic E-state index is 0.0791. The molecule has 0 bridgehead atoms. The lowest BCUT2D eigenvalue weighted by Crippen LogP contribution is -2.24. The second kappa shape index (κ2) is 8.44. The Kier molecular flexibility index (Phi) is 5.74. The maximum absolute atomic E-state index is 13.2. The maximum atomic E-state index is 13.2. The van der Waals surface area contributed by atoms with E-state index < -0.39 is 6.09 Å². The summed E-state index contributed by atoms with van der Waals surface area (Å²) in [6, 6.07) is 5.21. The van der Waals surface area contributed by atoms with Crippen LogP contribution in [0.25, 0.3) is 16.3 Å². The number of amides is 1. The number of carbonyl (C=O) groups is 1. The second-order valence-electron chi connectivity index (χ2n) is 6.42. The van der Waals surface area contributed by atoms with Crippen LogP contribution in [0.1, 0.15) is 12.8 Å². The van der Waals surface area contributed by atoms with Crippen LogP contribution in [0.5, 0.6) is 11.5 Å². The summed E-state index contributed by atoms with van der Waals surface area (Å²) in [5, 5.41) is 4.48. The average molecular weight is 437 g/mol.